The van der Waals surface area contributed by atoms with Crippen molar-refractivity contribution in [3.8, 4) is 11.5 Å². The molecule has 0 spiro atoms. The van der Waals surface area contributed by atoms with E-state index >= 15 is 0 Å². The molecule has 0 aliphatic carbocycles. The van der Waals surface area contributed by atoms with Crippen LogP contribution in [0.5, 0.6) is 11.5 Å². The van der Waals surface area contributed by atoms with Crippen LogP contribution in [-0.4, -0.2) is 29.7 Å². The lowest BCUT2D eigenvalue weighted by Gasteiger charge is -2.11. The molecule has 3 aromatic rings. The predicted octanol–water partition coefficient (Wildman–Crippen LogP) is 4.23. The molecule has 0 radical (unpaired) electrons. The van der Waals surface area contributed by atoms with E-state index in [0.717, 1.165) is 4.47 Å². The number of carbonyl (C=O) groups excluding carboxylic acids is 2. The summed E-state index contributed by atoms with van der Waals surface area (Å²) in [6, 6.07) is 15.0. The molecule has 0 bridgehead atoms. The van der Waals surface area contributed by atoms with Crippen molar-refractivity contribution in [3.05, 3.63) is 88.2 Å². The largest absolute Gasteiger partial charge is 0.490 e. The molecule has 1 amide bonds. The Morgan fingerprint density at radius 3 is 2.47 bits per heavy atom. The molecule has 0 unspecified atom stereocenters. The maximum Gasteiger partial charge on any atom is 0.343 e. The molecule has 152 valence electrons. The van der Waals surface area contributed by atoms with Crippen LogP contribution in [0, 0.1) is 0 Å². The van der Waals surface area contributed by atoms with E-state index in [1.54, 1.807) is 54.6 Å². The van der Waals surface area contributed by atoms with Gasteiger partial charge in [0.05, 0.1) is 18.4 Å². The van der Waals surface area contributed by atoms with Gasteiger partial charge >= 0.3 is 5.97 Å². The van der Waals surface area contributed by atoms with Crippen LogP contribution in [0.15, 0.2) is 76.6 Å². The first-order valence-corrected chi connectivity index (χ1v) is 9.84. The molecule has 0 fully saturated rings. The van der Waals surface area contributed by atoms with Crippen LogP contribution in [-0.2, 0) is 0 Å². The number of aromatic nitrogens is 1. The zero-order valence-corrected chi connectivity index (χ0v) is 17.6. The molecule has 1 N–H and O–H groups in total. The summed E-state index contributed by atoms with van der Waals surface area (Å²) in [7, 11) is 0. The molecule has 2 aromatic carbocycles. The molecule has 0 saturated carbocycles. The van der Waals surface area contributed by atoms with Crippen LogP contribution in [0.4, 0.5) is 0 Å². The van der Waals surface area contributed by atoms with E-state index in [1.807, 2.05) is 6.92 Å². The second-order valence-electron chi connectivity index (χ2n) is 5.97. The molecule has 8 heteroatoms. The number of nitrogens with zero attached hydrogens (tertiary/aromatic N) is 2. The van der Waals surface area contributed by atoms with Crippen LogP contribution >= 0.6 is 15.9 Å². The van der Waals surface area contributed by atoms with Gasteiger partial charge in [0, 0.05) is 22.4 Å². The van der Waals surface area contributed by atoms with Crippen molar-refractivity contribution in [1.82, 2.24) is 10.4 Å². The number of amides is 1. The molecule has 7 nitrogen and oxygen atoms in total. The summed E-state index contributed by atoms with van der Waals surface area (Å²) in [4.78, 5) is 28.2. The second kappa shape index (κ2) is 10.3. The van der Waals surface area contributed by atoms with Gasteiger partial charge in [0.15, 0.2) is 11.5 Å². The SMILES string of the molecule is CCOc1cc(/C=N/NC(=O)c2ccncc2)ccc1OC(=O)c1ccc(Br)cc1. The average molecular weight is 468 g/mol. The topological polar surface area (TPSA) is 89.9 Å². The molecule has 0 aliphatic rings. The molecule has 30 heavy (non-hydrogen) atoms. The normalized spacial score (nSPS) is 10.6. The lowest BCUT2D eigenvalue weighted by Crippen LogP contribution is -2.17. The van der Waals surface area contributed by atoms with Crippen molar-refractivity contribution in [2.24, 2.45) is 5.10 Å². The van der Waals surface area contributed by atoms with Gasteiger partial charge in [-0.15, -0.1) is 0 Å². The highest BCUT2D eigenvalue weighted by molar-refractivity contribution is 9.10. The molecule has 1 aromatic heterocycles. The van der Waals surface area contributed by atoms with E-state index in [2.05, 4.69) is 31.4 Å². The number of halogens is 1. The summed E-state index contributed by atoms with van der Waals surface area (Å²) in [5, 5.41) is 3.95. The molecule has 0 atom stereocenters. The van der Waals surface area contributed by atoms with Crippen molar-refractivity contribution in [3.63, 3.8) is 0 Å². The van der Waals surface area contributed by atoms with Gasteiger partial charge in [0.25, 0.3) is 5.91 Å². The Morgan fingerprint density at radius 1 is 1.03 bits per heavy atom. The fraction of sp³-hybridized carbons (Fsp3) is 0.0909. The number of nitrogens with one attached hydrogen (secondary N) is 1. The summed E-state index contributed by atoms with van der Waals surface area (Å²) >= 11 is 3.33. The predicted molar refractivity (Wildman–Crippen MR) is 116 cm³/mol. The average Bonchev–Trinajstić information content (AvgIpc) is 2.76. The highest BCUT2D eigenvalue weighted by Gasteiger charge is 2.13. The van der Waals surface area contributed by atoms with Crippen molar-refractivity contribution >= 4 is 34.0 Å². The summed E-state index contributed by atoms with van der Waals surface area (Å²) in [6.07, 6.45) is 4.53. The Bertz CT molecular complexity index is 1050. The zero-order chi connectivity index (χ0) is 21.3. The summed E-state index contributed by atoms with van der Waals surface area (Å²) in [6.45, 7) is 2.22. The second-order valence-corrected chi connectivity index (χ2v) is 6.89. The number of hydrogen-bond donors (Lipinski definition) is 1. The first-order valence-electron chi connectivity index (χ1n) is 9.05. The van der Waals surface area contributed by atoms with Gasteiger partial charge in [-0.1, -0.05) is 15.9 Å². The van der Waals surface area contributed by atoms with Crippen LogP contribution in [0.1, 0.15) is 33.2 Å². The Morgan fingerprint density at radius 2 is 1.77 bits per heavy atom. The number of ether oxygens (including phenoxy) is 2. The van der Waals surface area contributed by atoms with Gasteiger partial charge < -0.3 is 9.47 Å². The van der Waals surface area contributed by atoms with Crippen molar-refractivity contribution < 1.29 is 19.1 Å². The molecule has 1 heterocycles. The third-order valence-electron chi connectivity index (χ3n) is 3.87. The quantitative estimate of drug-likeness (QED) is 0.243. The molecular weight excluding hydrogens is 450 g/mol. The summed E-state index contributed by atoms with van der Waals surface area (Å²) < 4.78 is 11.9. The van der Waals surface area contributed by atoms with E-state index in [0.29, 0.717) is 34.8 Å². The molecule has 0 aliphatic heterocycles. The number of rotatable bonds is 7. The molecule has 3 rings (SSSR count). The number of pyridine rings is 1. The number of hydrazone groups is 1. The first kappa shape index (κ1) is 21.2. The first-order chi connectivity index (χ1) is 14.6. The Balaban J connectivity index is 1.70. The van der Waals surface area contributed by atoms with Gasteiger partial charge in [-0.3, -0.25) is 9.78 Å². The maximum atomic E-state index is 12.4. The lowest BCUT2D eigenvalue weighted by atomic mass is 10.2. The van der Waals surface area contributed by atoms with Crippen LogP contribution in [0.2, 0.25) is 0 Å². The van der Waals surface area contributed by atoms with Crippen molar-refractivity contribution in [2.75, 3.05) is 6.61 Å². The highest BCUT2D eigenvalue weighted by atomic mass is 79.9. The number of esters is 1. The fourth-order valence-electron chi connectivity index (χ4n) is 2.44. The van der Waals surface area contributed by atoms with Crippen LogP contribution < -0.4 is 14.9 Å². The fourth-order valence-corrected chi connectivity index (χ4v) is 2.70. The van der Waals surface area contributed by atoms with Crippen LogP contribution in [0.3, 0.4) is 0 Å². The molecular formula is C22H18BrN3O4. The Kier molecular flexibility index (Phi) is 7.29. The zero-order valence-electron chi connectivity index (χ0n) is 16.0. The number of benzene rings is 2. The van der Waals surface area contributed by atoms with E-state index in [4.69, 9.17) is 9.47 Å². The Labute approximate surface area is 181 Å². The minimum Gasteiger partial charge on any atom is -0.490 e. The third-order valence-corrected chi connectivity index (χ3v) is 4.40. The smallest absolute Gasteiger partial charge is 0.343 e. The summed E-state index contributed by atoms with van der Waals surface area (Å²) in [5.74, 6) is -0.150. The van der Waals surface area contributed by atoms with E-state index in [9.17, 15) is 9.59 Å². The minimum atomic E-state index is -0.491. The third kappa shape index (κ3) is 5.74. The van der Waals surface area contributed by atoms with Crippen molar-refractivity contribution in [2.45, 2.75) is 6.92 Å². The standard InChI is InChI=1S/C22H18BrN3O4/c1-2-29-20-13-15(14-25-26-21(27)16-9-11-24-12-10-16)3-8-19(20)30-22(28)17-4-6-18(23)7-5-17/h3-14H,2H2,1H3,(H,26,27)/b25-14+. The van der Waals surface area contributed by atoms with E-state index < -0.39 is 5.97 Å². The maximum absolute atomic E-state index is 12.4. The Hall–Kier alpha value is -3.52. The number of hydrogen-bond acceptors (Lipinski definition) is 6. The number of carbonyl (C=O) groups is 2. The lowest BCUT2D eigenvalue weighted by molar-refractivity contribution is 0.0728. The van der Waals surface area contributed by atoms with E-state index in [1.165, 1.54) is 18.6 Å². The summed E-state index contributed by atoms with van der Waals surface area (Å²) in [5.41, 5.74) is 3.98. The molecule has 0 saturated heterocycles. The monoisotopic (exact) mass is 467 g/mol. The van der Waals surface area contributed by atoms with Gasteiger partial charge in [-0.2, -0.15) is 5.10 Å². The van der Waals surface area contributed by atoms with Gasteiger partial charge in [0.2, 0.25) is 0 Å². The highest BCUT2D eigenvalue weighted by Crippen LogP contribution is 2.29. The van der Waals surface area contributed by atoms with Crippen molar-refractivity contribution in [1.29, 1.82) is 0 Å². The van der Waals surface area contributed by atoms with Crippen LogP contribution in [0.25, 0.3) is 0 Å². The van der Waals surface area contributed by atoms with Gasteiger partial charge in [-0.05, 0) is 67.1 Å². The van der Waals surface area contributed by atoms with E-state index in [-0.39, 0.29) is 5.91 Å². The van der Waals surface area contributed by atoms with Gasteiger partial charge in [-0.25, -0.2) is 10.2 Å². The minimum absolute atomic E-state index is 0.294. The van der Waals surface area contributed by atoms with Gasteiger partial charge in [0.1, 0.15) is 0 Å².